The Kier molecular flexibility index (Phi) is 8.30. The van der Waals surface area contributed by atoms with E-state index in [1.807, 2.05) is 0 Å². The Balaban J connectivity index is 1.50. The number of carbonyl (C=O) groups is 4. The largest absolute Gasteiger partial charge is 0.467 e. The first-order valence-electron chi connectivity index (χ1n) is 11.2. The highest BCUT2D eigenvalue weighted by atomic mass is 32.1. The van der Waals surface area contributed by atoms with Crippen LogP contribution in [-0.4, -0.2) is 53.6 Å². The predicted octanol–water partition coefficient (Wildman–Crippen LogP) is 3.34. The average molecular weight is 580 g/mol. The monoisotopic (exact) mass is 579 g/mol. The van der Waals surface area contributed by atoms with E-state index in [-0.39, 0.29) is 11.4 Å². The minimum Gasteiger partial charge on any atom is -0.467 e. The van der Waals surface area contributed by atoms with Gasteiger partial charge in [-0.05, 0) is 29.1 Å². The maximum atomic E-state index is 13.8. The molecular weight excluding hydrogens is 559 g/mol. The summed E-state index contributed by atoms with van der Waals surface area (Å²) in [4.78, 5) is 49.2. The van der Waals surface area contributed by atoms with Crippen LogP contribution in [0.4, 0.5) is 13.2 Å². The van der Waals surface area contributed by atoms with Crippen molar-refractivity contribution in [2.75, 3.05) is 13.7 Å². The summed E-state index contributed by atoms with van der Waals surface area (Å²) >= 11 is 1.47. The molecule has 1 unspecified atom stereocenters. The van der Waals surface area contributed by atoms with E-state index in [4.69, 9.17) is 0 Å². The van der Waals surface area contributed by atoms with E-state index in [2.05, 4.69) is 30.9 Å². The molecule has 4 aromatic rings. The van der Waals surface area contributed by atoms with E-state index in [0.29, 0.717) is 27.8 Å². The van der Waals surface area contributed by atoms with Crippen LogP contribution in [0.2, 0.25) is 0 Å². The number of hydrogen-bond acceptors (Lipinski definition) is 8. The maximum Gasteiger partial charge on any atom is 0.418 e. The summed E-state index contributed by atoms with van der Waals surface area (Å²) in [6.07, 6.45) is -3.40. The number of H-pyrrole nitrogens is 1. The average Bonchev–Trinajstić information content (AvgIpc) is 3.68. The van der Waals surface area contributed by atoms with Gasteiger partial charge in [0.2, 0.25) is 0 Å². The predicted molar refractivity (Wildman–Crippen MR) is 137 cm³/mol. The summed E-state index contributed by atoms with van der Waals surface area (Å²) in [6.45, 7) is -0.431. The number of amides is 3. The lowest BCUT2D eigenvalue weighted by Gasteiger charge is -2.17. The van der Waals surface area contributed by atoms with Gasteiger partial charge in [-0.25, -0.2) is 4.79 Å². The Morgan fingerprint density at radius 1 is 1.05 bits per heavy atom. The van der Waals surface area contributed by atoms with Crippen molar-refractivity contribution in [3.8, 4) is 0 Å². The van der Waals surface area contributed by atoms with Gasteiger partial charge in [-0.15, -0.1) is 22.7 Å². The zero-order valence-electron chi connectivity index (χ0n) is 20.0. The summed E-state index contributed by atoms with van der Waals surface area (Å²) in [5.74, 6) is -3.59. The molecule has 0 aliphatic rings. The molecule has 4 N–H and O–H groups in total. The van der Waals surface area contributed by atoms with Gasteiger partial charge in [0.15, 0.2) is 0 Å². The molecular formula is C24H20F3N5O5S2. The fourth-order valence-electron chi connectivity index (χ4n) is 3.58. The van der Waals surface area contributed by atoms with Gasteiger partial charge >= 0.3 is 12.1 Å². The summed E-state index contributed by atoms with van der Waals surface area (Å²) in [5.41, 5.74) is 0.0759. The zero-order valence-corrected chi connectivity index (χ0v) is 21.7. The molecule has 3 heterocycles. The van der Waals surface area contributed by atoms with Crippen LogP contribution in [0.5, 0.6) is 0 Å². The lowest BCUT2D eigenvalue weighted by Crippen LogP contribution is -2.49. The second kappa shape index (κ2) is 11.7. The normalized spacial score (nSPS) is 12.1. The highest BCUT2D eigenvalue weighted by Gasteiger charge is 2.39. The Labute approximate surface area is 226 Å². The minimum absolute atomic E-state index is 0.00480. The number of fused-ring (bicyclic) bond motifs is 1. The Morgan fingerprint density at radius 2 is 1.82 bits per heavy atom. The lowest BCUT2D eigenvalue weighted by atomic mass is 10.1. The summed E-state index contributed by atoms with van der Waals surface area (Å²) in [7, 11) is 1.03. The number of alkyl halides is 3. The van der Waals surface area contributed by atoms with Crippen molar-refractivity contribution in [2.45, 2.75) is 18.8 Å². The van der Waals surface area contributed by atoms with Crippen LogP contribution in [0.15, 0.2) is 48.0 Å². The van der Waals surface area contributed by atoms with Crippen molar-refractivity contribution in [3.63, 3.8) is 0 Å². The number of hydrogen-bond donors (Lipinski definition) is 4. The molecule has 1 atom stereocenters. The quantitative estimate of drug-likeness (QED) is 0.224. The summed E-state index contributed by atoms with van der Waals surface area (Å²) < 4.78 is 46.0. The number of aromatic amines is 1. The molecule has 10 nitrogen and oxygen atoms in total. The molecule has 3 aromatic heterocycles. The molecule has 0 aliphatic heterocycles. The number of nitrogens with one attached hydrogen (secondary N) is 4. The molecule has 39 heavy (non-hydrogen) atoms. The van der Waals surface area contributed by atoms with Gasteiger partial charge in [0.1, 0.15) is 10.9 Å². The van der Waals surface area contributed by atoms with Crippen LogP contribution < -0.4 is 16.0 Å². The van der Waals surface area contributed by atoms with Crippen LogP contribution in [-0.2, 0) is 22.3 Å². The Hall–Kier alpha value is -4.24. The van der Waals surface area contributed by atoms with Crippen LogP contribution in [0.25, 0.3) is 10.9 Å². The van der Waals surface area contributed by atoms with Gasteiger partial charge in [-0.3, -0.25) is 19.5 Å². The van der Waals surface area contributed by atoms with Crippen molar-refractivity contribution in [2.24, 2.45) is 0 Å². The standard InChI is InChI=1S/C24H20F3N5O5S2/c1-37-23(36)16(11-29-20(33)17-6-3-7-38-17)31-22(35)19-14(24(25,26)27)8-18(39-19)21(34)28-9-12-4-2-5-15-13(12)10-30-32-15/h2-8,10,16H,9,11H2,1H3,(H,28,34)(H,29,33)(H,30,32)(H,31,35). The van der Waals surface area contributed by atoms with E-state index >= 15 is 0 Å². The number of methoxy groups -OCH3 is 1. The molecule has 0 saturated carbocycles. The Bertz CT molecular complexity index is 1510. The molecule has 0 radical (unpaired) electrons. The van der Waals surface area contributed by atoms with E-state index in [9.17, 15) is 32.3 Å². The van der Waals surface area contributed by atoms with Gasteiger partial charge in [0.25, 0.3) is 17.7 Å². The number of halogens is 3. The second-order valence-electron chi connectivity index (χ2n) is 8.02. The fourth-order valence-corrected chi connectivity index (χ4v) is 5.22. The highest BCUT2D eigenvalue weighted by Crippen LogP contribution is 2.37. The molecule has 15 heteroatoms. The van der Waals surface area contributed by atoms with Gasteiger partial charge in [0, 0.05) is 18.5 Å². The number of rotatable bonds is 9. The third-order valence-electron chi connectivity index (χ3n) is 5.48. The molecule has 0 spiro atoms. The third-order valence-corrected chi connectivity index (χ3v) is 7.49. The molecule has 0 saturated heterocycles. The van der Waals surface area contributed by atoms with Gasteiger partial charge < -0.3 is 20.7 Å². The van der Waals surface area contributed by atoms with Crippen LogP contribution in [0, 0.1) is 0 Å². The SMILES string of the molecule is COC(=O)C(CNC(=O)c1cccs1)NC(=O)c1sc(C(=O)NCc2cccc3[nH]ncc23)cc1C(F)(F)F. The van der Waals surface area contributed by atoms with Crippen molar-refractivity contribution in [3.05, 3.63) is 73.7 Å². The van der Waals surface area contributed by atoms with Crippen molar-refractivity contribution < 1.29 is 37.1 Å². The van der Waals surface area contributed by atoms with Crippen LogP contribution in [0.3, 0.4) is 0 Å². The first kappa shape index (κ1) is 27.8. The number of benzene rings is 1. The van der Waals surface area contributed by atoms with Crippen molar-refractivity contribution in [1.29, 1.82) is 0 Å². The summed E-state index contributed by atoms with van der Waals surface area (Å²) in [6, 6.07) is 7.52. The van der Waals surface area contributed by atoms with E-state index in [1.54, 1.807) is 35.8 Å². The number of carbonyl (C=O) groups excluding carboxylic acids is 4. The van der Waals surface area contributed by atoms with Crippen LogP contribution in [0.1, 0.15) is 40.1 Å². The number of nitrogens with zero attached hydrogens (tertiary/aromatic N) is 1. The second-order valence-corrected chi connectivity index (χ2v) is 10.0. The highest BCUT2D eigenvalue weighted by molar-refractivity contribution is 7.16. The van der Waals surface area contributed by atoms with Crippen molar-refractivity contribution >= 4 is 57.3 Å². The minimum atomic E-state index is -4.96. The molecule has 0 aliphatic carbocycles. The smallest absolute Gasteiger partial charge is 0.418 e. The Morgan fingerprint density at radius 3 is 2.51 bits per heavy atom. The van der Waals surface area contributed by atoms with Crippen LogP contribution >= 0.6 is 22.7 Å². The molecule has 0 fully saturated rings. The molecule has 0 bridgehead atoms. The topological polar surface area (TPSA) is 142 Å². The summed E-state index contributed by atoms with van der Waals surface area (Å²) in [5, 5.41) is 16.3. The third kappa shape index (κ3) is 6.43. The van der Waals surface area contributed by atoms with Gasteiger partial charge in [-0.2, -0.15) is 18.3 Å². The first-order valence-corrected chi connectivity index (χ1v) is 12.9. The molecule has 4 rings (SSSR count). The van der Waals surface area contributed by atoms with E-state index < -0.39 is 52.9 Å². The molecule has 1 aromatic carbocycles. The lowest BCUT2D eigenvalue weighted by molar-refractivity contribution is -0.142. The fraction of sp³-hybridized carbons (Fsp3) is 0.208. The zero-order chi connectivity index (χ0) is 28.2. The number of ether oxygens (including phenoxy) is 1. The van der Waals surface area contributed by atoms with E-state index in [0.717, 1.165) is 29.3 Å². The van der Waals surface area contributed by atoms with E-state index in [1.165, 1.54) is 6.07 Å². The van der Waals surface area contributed by atoms with Gasteiger partial charge in [0.05, 0.1) is 34.1 Å². The maximum absolute atomic E-state index is 13.8. The van der Waals surface area contributed by atoms with Crippen molar-refractivity contribution in [1.82, 2.24) is 26.1 Å². The number of thiophene rings is 2. The number of aromatic nitrogens is 2. The molecule has 3 amide bonds. The number of esters is 1. The van der Waals surface area contributed by atoms with Gasteiger partial charge in [-0.1, -0.05) is 18.2 Å². The molecule has 204 valence electrons. The first-order chi connectivity index (χ1) is 18.6.